The van der Waals surface area contributed by atoms with Gasteiger partial charge in [0.2, 0.25) is 0 Å². The van der Waals surface area contributed by atoms with E-state index < -0.39 is 37.3 Å². The maximum absolute atomic E-state index is 10.2. The van der Waals surface area contributed by atoms with Gasteiger partial charge < -0.3 is 30.9 Å². The van der Waals surface area contributed by atoms with Crippen molar-refractivity contribution in [3.63, 3.8) is 0 Å². The number of rotatable bonds is 3. The van der Waals surface area contributed by atoms with Crippen molar-refractivity contribution in [3.8, 4) is 0 Å². The first-order valence-electron chi connectivity index (χ1n) is 6.25. The molecular weight excluding hydrogens is 282 g/mol. The third-order valence-electron chi connectivity index (χ3n) is 3.70. The Hall–Kier alpha value is -1.85. The lowest BCUT2D eigenvalue weighted by atomic mass is 10.0. The van der Waals surface area contributed by atoms with Gasteiger partial charge in [-0.05, 0) is 0 Å². The molecule has 2 aromatic heterocycles. The van der Waals surface area contributed by atoms with Crippen LogP contribution in [0, 0.1) is 0 Å². The quantitative estimate of drug-likeness (QED) is 0.402. The van der Waals surface area contributed by atoms with Crippen molar-refractivity contribution < 1.29 is 25.2 Å². The van der Waals surface area contributed by atoms with Crippen LogP contribution in [0.15, 0.2) is 12.7 Å². The van der Waals surface area contributed by atoms with E-state index in [0.717, 1.165) is 0 Å². The molecule has 0 aromatic carbocycles. The van der Waals surface area contributed by atoms with Gasteiger partial charge in [-0.15, -0.1) is 0 Å². The number of hydrogen-bond acceptors (Lipinski definition) is 9. The molecule has 6 N–H and O–H groups in total. The van der Waals surface area contributed by atoms with Gasteiger partial charge in [0, 0.05) is 0 Å². The highest BCUT2D eigenvalue weighted by Crippen LogP contribution is 2.37. The van der Waals surface area contributed by atoms with Crippen LogP contribution in [0.2, 0.25) is 0 Å². The summed E-state index contributed by atoms with van der Waals surface area (Å²) in [5.41, 5.74) is 4.50. The zero-order chi connectivity index (χ0) is 15.2. The number of imidazole rings is 1. The second kappa shape index (κ2) is 4.86. The molecule has 1 saturated heterocycles. The molecule has 10 heteroatoms. The standard InChI is InChI=1S/C11H15N5O5/c12-9-6-10(14-3-13-9)16(4-15-6)11(2-18)8(20)7(19)5(1-17)21-11/h3-5,7-8,17-20H,1-2H2,(H2,12,13,14)/t5-,7-,8+,11+/m1/s1. The number of nitrogens with zero attached hydrogens (tertiary/aromatic N) is 4. The van der Waals surface area contributed by atoms with E-state index in [9.17, 15) is 20.4 Å². The van der Waals surface area contributed by atoms with Crippen LogP contribution >= 0.6 is 0 Å². The molecule has 2 aromatic rings. The molecule has 10 nitrogen and oxygen atoms in total. The second-order valence-electron chi connectivity index (χ2n) is 4.82. The second-order valence-corrected chi connectivity index (χ2v) is 4.82. The monoisotopic (exact) mass is 297 g/mol. The van der Waals surface area contributed by atoms with Gasteiger partial charge in [0.1, 0.15) is 30.2 Å². The Bertz CT molecular complexity index is 663. The molecule has 0 aliphatic carbocycles. The van der Waals surface area contributed by atoms with Crippen LogP contribution in [0.4, 0.5) is 5.82 Å². The van der Waals surface area contributed by atoms with Crippen LogP contribution < -0.4 is 5.73 Å². The highest BCUT2D eigenvalue weighted by atomic mass is 16.6. The number of hydrogen-bond donors (Lipinski definition) is 5. The average molecular weight is 297 g/mol. The predicted octanol–water partition coefficient (Wildman–Crippen LogP) is -2.83. The molecule has 0 amide bonds. The Morgan fingerprint density at radius 1 is 1.29 bits per heavy atom. The normalized spacial score (nSPS) is 32.9. The molecule has 114 valence electrons. The first-order valence-corrected chi connectivity index (χ1v) is 6.25. The number of ether oxygens (including phenoxy) is 1. The first-order chi connectivity index (χ1) is 10.0. The van der Waals surface area contributed by atoms with E-state index >= 15 is 0 Å². The van der Waals surface area contributed by atoms with E-state index in [-0.39, 0.29) is 17.0 Å². The SMILES string of the molecule is Nc1ncnc2c1ncn2[C@@]1(CO)O[C@H](CO)[C@@H](O)[C@@H]1O. The predicted molar refractivity (Wildman–Crippen MR) is 68.8 cm³/mol. The molecule has 3 heterocycles. The summed E-state index contributed by atoms with van der Waals surface area (Å²) in [5.74, 6) is 0.138. The van der Waals surface area contributed by atoms with Crippen LogP contribution in [0.3, 0.4) is 0 Å². The first kappa shape index (κ1) is 14.1. The van der Waals surface area contributed by atoms with Crippen molar-refractivity contribution in [2.45, 2.75) is 24.0 Å². The Morgan fingerprint density at radius 2 is 2.05 bits per heavy atom. The van der Waals surface area contributed by atoms with Gasteiger partial charge in [0.25, 0.3) is 0 Å². The molecule has 1 aliphatic rings. The van der Waals surface area contributed by atoms with E-state index in [1.54, 1.807) is 0 Å². The number of aliphatic hydroxyl groups excluding tert-OH is 4. The fourth-order valence-corrected chi connectivity index (χ4v) is 2.55. The van der Waals surface area contributed by atoms with Crippen molar-refractivity contribution in [3.05, 3.63) is 12.7 Å². The molecule has 0 unspecified atom stereocenters. The van der Waals surface area contributed by atoms with Gasteiger partial charge >= 0.3 is 0 Å². The lowest BCUT2D eigenvalue weighted by Gasteiger charge is -2.31. The number of aromatic nitrogens is 4. The van der Waals surface area contributed by atoms with E-state index in [0.29, 0.717) is 0 Å². The van der Waals surface area contributed by atoms with Crippen LogP contribution in [0.5, 0.6) is 0 Å². The summed E-state index contributed by atoms with van der Waals surface area (Å²) >= 11 is 0. The fraction of sp³-hybridized carbons (Fsp3) is 0.545. The zero-order valence-electron chi connectivity index (χ0n) is 10.9. The largest absolute Gasteiger partial charge is 0.394 e. The van der Waals surface area contributed by atoms with Gasteiger partial charge in [-0.1, -0.05) is 0 Å². The van der Waals surface area contributed by atoms with Crippen molar-refractivity contribution in [2.75, 3.05) is 18.9 Å². The summed E-state index contributed by atoms with van der Waals surface area (Å²) in [7, 11) is 0. The van der Waals surface area contributed by atoms with Crippen LogP contribution in [0.25, 0.3) is 11.2 Å². The van der Waals surface area contributed by atoms with Gasteiger partial charge in [-0.25, -0.2) is 15.0 Å². The Morgan fingerprint density at radius 3 is 2.67 bits per heavy atom. The summed E-state index contributed by atoms with van der Waals surface area (Å²) in [6, 6.07) is 0. The Labute approximate surface area is 118 Å². The lowest BCUT2D eigenvalue weighted by Crippen LogP contribution is -2.48. The molecule has 4 atom stereocenters. The summed E-state index contributed by atoms with van der Waals surface area (Å²) < 4.78 is 6.77. The zero-order valence-corrected chi connectivity index (χ0v) is 10.9. The molecule has 0 spiro atoms. The van der Waals surface area contributed by atoms with Crippen LogP contribution in [-0.2, 0) is 10.5 Å². The fourth-order valence-electron chi connectivity index (χ4n) is 2.55. The average Bonchev–Trinajstić information content (AvgIpc) is 3.03. The minimum absolute atomic E-state index is 0.138. The van der Waals surface area contributed by atoms with Crippen molar-refractivity contribution in [1.29, 1.82) is 0 Å². The number of nitrogens with two attached hydrogens (primary N) is 1. The van der Waals surface area contributed by atoms with Crippen LogP contribution in [0.1, 0.15) is 0 Å². The molecule has 0 radical (unpaired) electrons. The summed E-state index contributed by atoms with van der Waals surface area (Å²) in [6.07, 6.45) is -1.39. The lowest BCUT2D eigenvalue weighted by molar-refractivity contribution is -0.169. The van der Waals surface area contributed by atoms with E-state index in [1.807, 2.05) is 0 Å². The highest BCUT2D eigenvalue weighted by molar-refractivity contribution is 5.81. The van der Waals surface area contributed by atoms with Crippen molar-refractivity contribution >= 4 is 17.0 Å². The van der Waals surface area contributed by atoms with E-state index in [1.165, 1.54) is 17.2 Å². The Balaban J connectivity index is 2.17. The third-order valence-corrected chi connectivity index (χ3v) is 3.70. The minimum Gasteiger partial charge on any atom is -0.394 e. The number of anilines is 1. The van der Waals surface area contributed by atoms with Gasteiger partial charge in [0.05, 0.1) is 19.5 Å². The number of aliphatic hydroxyl groups is 4. The molecular formula is C11H15N5O5. The maximum atomic E-state index is 10.2. The molecule has 1 aliphatic heterocycles. The third kappa shape index (κ3) is 1.81. The van der Waals surface area contributed by atoms with E-state index in [2.05, 4.69) is 15.0 Å². The van der Waals surface area contributed by atoms with Crippen molar-refractivity contribution in [2.24, 2.45) is 0 Å². The van der Waals surface area contributed by atoms with Gasteiger partial charge in [-0.3, -0.25) is 4.57 Å². The van der Waals surface area contributed by atoms with Gasteiger partial charge in [0.15, 0.2) is 17.2 Å². The maximum Gasteiger partial charge on any atom is 0.199 e. The number of nitrogen functional groups attached to an aromatic ring is 1. The topological polar surface area (TPSA) is 160 Å². The molecule has 0 saturated carbocycles. The molecule has 3 rings (SSSR count). The summed E-state index contributed by atoms with van der Waals surface area (Å²) in [6.45, 7) is -1.17. The van der Waals surface area contributed by atoms with Crippen LogP contribution in [-0.4, -0.2) is 71.5 Å². The molecule has 1 fully saturated rings. The summed E-state index contributed by atoms with van der Waals surface area (Å²) in [5, 5.41) is 39.1. The summed E-state index contributed by atoms with van der Waals surface area (Å²) in [4.78, 5) is 11.8. The Kier molecular flexibility index (Phi) is 3.26. The highest BCUT2D eigenvalue weighted by Gasteiger charge is 2.55. The number of fused-ring (bicyclic) bond motifs is 1. The van der Waals surface area contributed by atoms with Gasteiger partial charge in [-0.2, -0.15) is 0 Å². The van der Waals surface area contributed by atoms with E-state index in [4.69, 9.17) is 10.5 Å². The smallest absolute Gasteiger partial charge is 0.199 e. The molecule has 21 heavy (non-hydrogen) atoms. The van der Waals surface area contributed by atoms with Crippen molar-refractivity contribution in [1.82, 2.24) is 19.5 Å². The molecule has 0 bridgehead atoms. The minimum atomic E-state index is -1.71.